The third-order valence-electron chi connectivity index (χ3n) is 3.12. The van der Waals surface area contributed by atoms with Crippen LogP contribution in [0.1, 0.15) is 47.0 Å². The number of nitrogens with one attached hydrogen (secondary N) is 1. The zero-order valence-corrected chi connectivity index (χ0v) is 9.93. The summed E-state index contributed by atoms with van der Waals surface area (Å²) < 4.78 is 0. The molecule has 3 unspecified atom stereocenters. The van der Waals surface area contributed by atoms with Crippen molar-refractivity contribution in [1.82, 2.24) is 5.32 Å². The van der Waals surface area contributed by atoms with Gasteiger partial charge in [-0.25, -0.2) is 0 Å². The molecule has 3 atom stereocenters. The molecule has 80 valence electrons. The van der Waals surface area contributed by atoms with Crippen molar-refractivity contribution in [2.24, 2.45) is 11.3 Å². The fraction of sp³-hybridized carbons (Fsp3) is 0.846. The molecule has 0 aromatic heterocycles. The number of hydrogen-bond acceptors (Lipinski definition) is 1. The van der Waals surface area contributed by atoms with Crippen LogP contribution in [0.3, 0.4) is 0 Å². The zero-order chi connectivity index (χ0) is 10.8. The lowest BCUT2D eigenvalue weighted by molar-refractivity contribution is 0.149. The molecule has 14 heavy (non-hydrogen) atoms. The van der Waals surface area contributed by atoms with Gasteiger partial charge in [0.2, 0.25) is 0 Å². The van der Waals surface area contributed by atoms with E-state index in [-0.39, 0.29) is 6.04 Å². The van der Waals surface area contributed by atoms with Crippen molar-refractivity contribution in [3.63, 3.8) is 0 Å². The van der Waals surface area contributed by atoms with Crippen molar-refractivity contribution in [2.45, 2.75) is 59.0 Å². The van der Waals surface area contributed by atoms with Crippen LogP contribution >= 0.6 is 0 Å². The molecule has 1 aliphatic carbocycles. The molecular weight excluding hydrogens is 170 g/mol. The number of terminal acetylenes is 1. The summed E-state index contributed by atoms with van der Waals surface area (Å²) in [4.78, 5) is 0. The Morgan fingerprint density at radius 1 is 1.43 bits per heavy atom. The van der Waals surface area contributed by atoms with E-state index in [1.807, 2.05) is 0 Å². The molecule has 0 amide bonds. The van der Waals surface area contributed by atoms with Crippen molar-refractivity contribution >= 4 is 0 Å². The Kier molecular flexibility index (Phi) is 3.61. The van der Waals surface area contributed by atoms with Gasteiger partial charge in [0.25, 0.3) is 0 Å². The van der Waals surface area contributed by atoms with Crippen LogP contribution in [0.5, 0.6) is 0 Å². The predicted octanol–water partition coefficient (Wildman–Crippen LogP) is 2.81. The summed E-state index contributed by atoms with van der Waals surface area (Å²) in [5, 5.41) is 3.52. The minimum Gasteiger partial charge on any atom is -0.301 e. The molecular formula is C13H23N. The summed E-state index contributed by atoms with van der Waals surface area (Å²) in [5.74, 6) is 3.56. The summed E-state index contributed by atoms with van der Waals surface area (Å²) in [7, 11) is 0. The Balaban J connectivity index is 2.51. The molecule has 0 spiro atoms. The van der Waals surface area contributed by atoms with Gasteiger partial charge in [0.1, 0.15) is 0 Å². The average Bonchev–Trinajstić information content (AvgIpc) is 1.99. The van der Waals surface area contributed by atoms with Crippen LogP contribution in [-0.2, 0) is 0 Å². The molecule has 0 aromatic rings. The molecule has 0 aromatic carbocycles. The first-order valence-corrected chi connectivity index (χ1v) is 5.65. The van der Waals surface area contributed by atoms with Crippen LogP contribution in [0.4, 0.5) is 0 Å². The van der Waals surface area contributed by atoms with Gasteiger partial charge in [-0.3, -0.25) is 0 Å². The van der Waals surface area contributed by atoms with Gasteiger partial charge >= 0.3 is 0 Å². The van der Waals surface area contributed by atoms with E-state index in [1.165, 1.54) is 19.3 Å². The van der Waals surface area contributed by atoms with Crippen molar-refractivity contribution in [2.75, 3.05) is 0 Å². The summed E-state index contributed by atoms with van der Waals surface area (Å²) >= 11 is 0. The van der Waals surface area contributed by atoms with Crippen LogP contribution < -0.4 is 5.32 Å². The smallest absolute Gasteiger partial charge is 0.0660 e. The van der Waals surface area contributed by atoms with Gasteiger partial charge in [0.05, 0.1) is 6.04 Å². The van der Waals surface area contributed by atoms with E-state index >= 15 is 0 Å². The van der Waals surface area contributed by atoms with Crippen molar-refractivity contribution < 1.29 is 0 Å². The third-order valence-corrected chi connectivity index (χ3v) is 3.12. The first-order valence-electron chi connectivity index (χ1n) is 5.65. The van der Waals surface area contributed by atoms with Gasteiger partial charge in [-0.1, -0.05) is 26.7 Å². The summed E-state index contributed by atoms with van der Waals surface area (Å²) in [6.45, 7) is 9.12. The molecule has 1 rings (SSSR count). The van der Waals surface area contributed by atoms with Crippen LogP contribution in [0.2, 0.25) is 0 Å². The monoisotopic (exact) mass is 193 g/mol. The van der Waals surface area contributed by atoms with Crippen molar-refractivity contribution in [3.8, 4) is 12.3 Å². The molecule has 1 nitrogen and oxygen atoms in total. The Morgan fingerprint density at radius 3 is 2.57 bits per heavy atom. The van der Waals surface area contributed by atoms with E-state index in [1.54, 1.807) is 0 Å². The lowest BCUT2D eigenvalue weighted by Crippen LogP contribution is -2.43. The minimum absolute atomic E-state index is 0.209. The van der Waals surface area contributed by atoms with E-state index in [2.05, 4.69) is 38.9 Å². The van der Waals surface area contributed by atoms with E-state index in [4.69, 9.17) is 6.42 Å². The van der Waals surface area contributed by atoms with Crippen LogP contribution in [0.15, 0.2) is 0 Å². The molecule has 1 N–H and O–H groups in total. The lowest BCUT2D eigenvalue weighted by Gasteiger charge is -2.40. The molecule has 0 aliphatic heterocycles. The van der Waals surface area contributed by atoms with Crippen LogP contribution in [0, 0.1) is 23.7 Å². The van der Waals surface area contributed by atoms with E-state index in [9.17, 15) is 0 Å². The SMILES string of the molecule is C#CC(C)NC1CC(C)CC(C)(C)C1. The quantitative estimate of drug-likeness (QED) is 0.665. The number of hydrogen-bond donors (Lipinski definition) is 1. The van der Waals surface area contributed by atoms with E-state index in [0.29, 0.717) is 11.5 Å². The maximum Gasteiger partial charge on any atom is 0.0660 e. The Bertz CT molecular complexity index is 224. The Morgan fingerprint density at radius 2 is 2.07 bits per heavy atom. The predicted molar refractivity (Wildman–Crippen MR) is 62.0 cm³/mol. The fourth-order valence-corrected chi connectivity index (χ4v) is 2.87. The third kappa shape index (κ3) is 3.35. The van der Waals surface area contributed by atoms with Gasteiger partial charge in [-0.15, -0.1) is 6.42 Å². The highest BCUT2D eigenvalue weighted by Gasteiger charge is 2.32. The maximum absolute atomic E-state index is 5.38. The lowest BCUT2D eigenvalue weighted by atomic mass is 9.70. The van der Waals surface area contributed by atoms with Crippen LogP contribution in [0.25, 0.3) is 0 Å². The Labute approximate surface area is 88.7 Å². The second-order valence-corrected chi connectivity index (χ2v) is 5.67. The van der Waals surface area contributed by atoms with Gasteiger partial charge < -0.3 is 5.32 Å². The fourth-order valence-electron chi connectivity index (χ4n) is 2.87. The highest BCUT2D eigenvalue weighted by molar-refractivity contribution is 4.98. The van der Waals surface area contributed by atoms with E-state index < -0.39 is 0 Å². The second-order valence-electron chi connectivity index (χ2n) is 5.67. The topological polar surface area (TPSA) is 12.0 Å². The summed E-state index contributed by atoms with van der Waals surface area (Å²) in [6.07, 6.45) is 9.25. The van der Waals surface area contributed by atoms with Gasteiger partial charge in [-0.05, 0) is 37.5 Å². The second kappa shape index (κ2) is 4.36. The van der Waals surface area contributed by atoms with Gasteiger partial charge in [0.15, 0.2) is 0 Å². The molecule has 0 saturated heterocycles. The largest absolute Gasteiger partial charge is 0.301 e. The summed E-state index contributed by atoms with van der Waals surface area (Å²) in [6, 6.07) is 0.820. The highest BCUT2D eigenvalue weighted by atomic mass is 14.9. The maximum atomic E-state index is 5.38. The molecule has 1 heteroatoms. The molecule has 0 radical (unpaired) electrons. The van der Waals surface area contributed by atoms with Gasteiger partial charge in [0, 0.05) is 6.04 Å². The van der Waals surface area contributed by atoms with Gasteiger partial charge in [-0.2, -0.15) is 0 Å². The van der Waals surface area contributed by atoms with Crippen LogP contribution in [-0.4, -0.2) is 12.1 Å². The van der Waals surface area contributed by atoms with Crippen molar-refractivity contribution in [3.05, 3.63) is 0 Å². The molecule has 1 fully saturated rings. The molecule has 0 heterocycles. The summed E-state index contributed by atoms with van der Waals surface area (Å²) in [5.41, 5.74) is 0.476. The van der Waals surface area contributed by atoms with Crippen molar-refractivity contribution in [1.29, 1.82) is 0 Å². The molecule has 1 saturated carbocycles. The minimum atomic E-state index is 0.209. The Hall–Kier alpha value is -0.480. The molecule has 1 aliphatic rings. The number of rotatable bonds is 2. The standard InChI is InChI=1S/C13H23N/c1-6-11(3)14-12-7-10(2)8-13(4,5)9-12/h1,10-12,14H,7-9H2,2-5H3. The zero-order valence-electron chi connectivity index (χ0n) is 9.93. The highest BCUT2D eigenvalue weighted by Crippen LogP contribution is 2.38. The van der Waals surface area contributed by atoms with E-state index in [0.717, 1.165) is 5.92 Å². The first kappa shape index (κ1) is 11.6. The normalized spacial score (nSPS) is 33.4. The average molecular weight is 193 g/mol. The molecule has 0 bridgehead atoms. The first-order chi connectivity index (χ1) is 6.43.